The van der Waals surface area contributed by atoms with E-state index in [0.717, 1.165) is 27.1 Å². The molecule has 1 aliphatic heterocycles. The number of ketones is 1. The maximum absolute atomic E-state index is 13.8. The van der Waals surface area contributed by atoms with Gasteiger partial charge in [0.2, 0.25) is 5.95 Å². The third-order valence-corrected chi connectivity index (χ3v) is 6.91. The maximum atomic E-state index is 13.8. The van der Waals surface area contributed by atoms with Gasteiger partial charge in [0.05, 0.1) is 29.8 Å². The van der Waals surface area contributed by atoms with Crippen LogP contribution in [0.3, 0.4) is 0 Å². The average Bonchev–Trinajstić information content (AvgIpc) is 3.38. The van der Waals surface area contributed by atoms with Crippen molar-refractivity contribution in [3.8, 4) is 5.75 Å². The number of carbonyl (C=O) groups is 2. The van der Waals surface area contributed by atoms with Crippen LogP contribution < -0.4 is 9.64 Å². The summed E-state index contributed by atoms with van der Waals surface area (Å²) in [5, 5.41) is 11.3. The first-order valence-corrected chi connectivity index (χ1v) is 11.5. The molecule has 1 unspecified atom stereocenters. The average molecular weight is 554 g/mol. The van der Waals surface area contributed by atoms with Crippen LogP contribution in [-0.4, -0.2) is 33.9 Å². The van der Waals surface area contributed by atoms with Gasteiger partial charge in [-0.05, 0) is 42.3 Å². The minimum absolute atomic E-state index is 0.0683. The van der Waals surface area contributed by atoms with E-state index >= 15 is 0 Å². The second-order valence-corrected chi connectivity index (χ2v) is 9.11. The fourth-order valence-electron chi connectivity index (χ4n) is 4.23. The summed E-state index contributed by atoms with van der Waals surface area (Å²) < 4.78 is 33.7. The number of halogens is 3. The summed E-state index contributed by atoms with van der Waals surface area (Å²) in [7, 11) is 1.48. The topological polar surface area (TPSA) is 95.5 Å². The minimum atomic E-state index is -1.10. The second kappa shape index (κ2) is 8.87. The predicted octanol–water partition coefficient (Wildman–Crippen LogP) is 5.55. The summed E-state index contributed by atoms with van der Waals surface area (Å²) >= 11 is 3.41. The Balaban J connectivity index is 1.75. The number of imidazole rings is 1. The van der Waals surface area contributed by atoms with Crippen molar-refractivity contribution in [2.24, 2.45) is 0 Å². The number of benzene rings is 3. The van der Waals surface area contributed by atoms with Crippen molar-refractivity contribution in [2.45, 2.75) is 13.0 Å². The molecule has 5 rings (SSSR count). The number of aromatic amines is 1. The number of aliphatic hydroxyl groups is 1. The Kier molecular flexibility index (Phi) is 5.83. The number of methoxy groups -OCH3 is 1. The van der Waals surface area contributed by atoms with E-state index in [4.69, 9.17) is 4.74 Å². The molecule has 4 aromatic rings. The Morgan fingerprint density at radius 3 is 2.58 bits per heavy atom. The number of Topliss-reactive ketones (excluding diaryl/α,β-unsaturated/α-hetero) is 1. The van der Waals surface area contributed by atoms with Crippen molar-refractivity contribution in [3.63, 3.8) is 0 Å². The number of aliphatic hydroxyl groups excluding tert-OH is 1. The maximum Gasteiger partial charge on any atom is 0.302 e. The van der Waals surface area contributed by atoms with E-state index < -0.39 is 29.4 Å². The summed E-state index contributed by atoms with van der Waals surface area (Å²) in [6.45, 7) is 1.83. The van der Waals surface area contributed by atoms with Crippen molar-refractivity contribution in [3.05, 3.63) is 93.0 Å². The third kappa shape index (κ3) is 3.83. The fourth-order valence-corrected chi connectivity index (χ4v) is 4.48. The number of fused-ring (bicyclic) bond motifs is 1. The highest BCUT2D eigenvalue weighted by molar-refractivity contribution is 9.10. The largest absolute Gasteiger partial charge is 0.507 e. The van der Waals surface area contributed by atoms with Crippen molar-refractivity contribution >= 4 is 50.4 Å². The van der Waals surface area contributed by atoms with Gasteiger partial charge >= 0.3 is 5.91 Å². The highest BCUT2D eigenvalue weighted by Gasteiger charge is 2.48. The lowest BCUT2D eigenvalue weighted by molar-refractivity contribution is -0.132. The zero-order chi connectivity index (χ0) is 25.7. The first-order chi connectivity index (χ1) is 17.2. The smallest absolute Gasteiger partial charge is 0.302 e. The van der Waals surface area contributed by atoms with Crippen LogP contribution in [0, 0.1) is 18.6 Å². The van der Waals surface area contributed by atoms with Gasteiger partial charge in [0, 0.05) is 22.2 Å². The number of ether oxygens (including phenoxy) is 1. The molecule has 7 nitrogen and oxygen atoms in total. The van der Waals surface area contributed by atoms with Gasteiger partial charge in [0.15, 0.2) is 11.6 Å². The van der Waals surface area contributed by atoms with Gasteiger partial charge in [-0.25, -0.2) is 13.8 Å². The fraction of sp³-hybridized carbons (Fsp3) is 0.115. The van der Waals surface area contributed by atoms with Crippen LogP contribution in [-0.2, 0) is 9.59 Å². The van der Waals surface area contributed by atoms with E-state index in [-0.39, 0.29) is 28.3 Å². The number of carbonyl (C=O) groups excluding carboxylic acids is 2. The lowest BCUT2D eigenvalue weighted by Gasteiger charge is -2.23. The van der Waals surface area contributed by atoms with E-state index in [2.05, 4.69) is 25.9 Å². The van der Waals surface area contributed by atoms with Crippen LogP contribution >= 0.6 is 15.9 Å². The predicted molar refractivity (Wildman–Crippen MR) is 133 cm³/mol. The van der Waals surface area contributed by atoms with Crippen LogP contribution in [0.15, 0.2) is 64.6 Å². The minimum Gasteiger partial charge on any atom is -0.507 e. The molecule has 1 atom stereocenters. The molecule has 0 bridgehead atoms. The molecule has 0 aliphatic carbocycles. The molecule has 3 aromatic carbocycles. The summed E-state index contributed by atoms with van der Waals surface area (Å²) in [4.78, 5) is 34.7. The molecule has 1 amide bonds. The number of amides is 1. The normalized spacial score (nSPS) is 17.2. The number of nitrogens with zero attached hydrogens (tertiary/aromatic N) is 2. The first-order valence-electron chi connectivity index (χ1n) is 10.8. The molecule has 36 heavy (non-hydrogen) atoms. The molecule has 10 heteroatoms. The van der Waals surface area contributed by atoms with Crippen LogP contribution in [0.25, 0.3) is 16.8 Å². The van der Waals surface area contributed by atoms with Crippen molar-refractivity contribution in [1.29, 1.82) is 0 Å². The number of anilines is 1. The number of H-pyrrole nitrogens is 1. The molecule has 1 fully saturated rings. The molecule has 0 radical (unpaired) electrons. The highest BCUT2D eigenvalue weighted by Crippen LogP contribution is 2.42. The van der Waals surface area contributed by atoms with E-state index in [0.29, 0.717) is 16.9 Å². The monoisotopic (exact) mass is 553 g/mol. The molecular weight excluding hydrogens is 536 g/mol. The van der Waals surface area contributed by atoms with Gasteiger partial charge in [-0.3, -0.25) is 14.5 Å². The molecule has 1 saturated heterocycles. The Hall–Kier alpha value is -4.05. The molecule has 1 aliphatic rings. The SMILES string of the molecule is COc1cccc(C2/C(=C(\O)c3ccc(Br)c(C)c3)C(=O)C(=O)N2c2nc3cc(F)c(F)cc3[nH]2)c1. The van der Waals surface area contributed by atoms with E-state index in [1.807, 2.05) is 6.92 Å². The molecular formula is C26H18BrF2N3O4. The Morgan fingerprint density at radius 1 is 1.11 bits per heavy atom. The summed E-state index contributed by atoms with van der Waals surface area (Å²) in [5.74, 6) is -4.08. The van der Waals surface area contributed by atoms with Gasteiger partial charge in [-0.1, -0.05) is 34.1 Å². The Labute approximate surface area is 212 Å². The van der Waals surface area contributed by atoms with E-state index in [1.54, 1.807) is 42.5 Å². The second-order valence-electron chi connectivity index (χ2n) is 8.25. The van der Waals surface area contributed by atoms with Crippen molar-refractivity contribution in [2.75, 3.05) is 12.0 Å². The van der Waals surface area contributed by atoms with Crippen LogP contribution in [0.2, 0.25) is 0 Å². The highest BCUT2D eigenvalue weighted by atomic mass is 79.9. The third-order valence-electron chi connectivity index (χ3n) is 6.02. The Morgan fingerprint density at radius 2 is 1.86 bits per heavy atom. The summed E-state index contributed by atoms with van der Waals surface area (Å²) in [5.41, 5.74) is 1.66. The van der Waals surface area contributed by atoms with Crippen molar-refractivity contribution in [1.82, 2.24) is 9.97 Å². The van der Waals surface area contributed by atoms with Crippen LogP contribution in [0.4, 0.5) is 14.7 Å². The van der Waals surface area contributed by atoms with Gasteiger partial charge in [0.1, 0.15) is 11.5 Å². The van der Waals surface area contributed by atoms with Gasteiger partial charge in [-0.15, -0.1) is 0 Å². The number of aromatic nitrogens is 2. The number of rotatable bonds is 4. The molecule has 1 aromatic heterocycles. The summed E-state index contributed by atoms with van der Waals surface area (Å²) in [6, 6.07) is 12.4. The molecule has 2 N–H and O–H groups in total. The Bertz CT molecular complexity index is 1560. The van der Waals surface area contributed by atoms with Crippen molar-refractivity contribution < 1.29 is 28.2 Å². The quantitative estimate of drug-likeness (QED) is 0.196. The lowest BCUT2D eigenvalue weighted by atomic mass is 9.95. The van der Waals surface area contributed by atoms with E-state index in [9.17, 15) is 23.5 Å². The van der Waals surface area contributed by atoms with Crippen LogP contribution in [0.5, 0.6) is 5.75 Å². The molecule has 0 spiro atoms. The number of hydrogen-bond acceptors (Lipinski definition) is 5. The molecule has 2 heterocycles. The van der Waals surface area contributed by atoms with Gasteiger partial charge in [0.25, 0.3) is 5.78 Å². The van der Waals surface area contributed by atoms with Gasteiger partial charge < -0.3 is 14.8 Å². The lowest BCUT2D eigenvalue weighted by Crippen LogP contribution is -2.30. The van der Waals surface area contributed by atoms with Gasteiger partial charge in [-0.2, -0.15) is 0 Å². The molecule has 182 valence electrons. The molecule has 0 saturated carbocycles. The zero-order valence-electron chi connectivity index (χ0n) is 19.0. The summed E-state index contributed by atoms with van der Waals surface area (Å²) in [6.07, 6.45) is 0. The number of aryl methyl sites for hydroxylation is 1. The number of hydrogen-bond donors (Lipinski definition) is 2. The van der Waals surface area contributed by atoms with E-state index in [1.165, 1.54) is 7.11 Å². The standard InChI is InChI=1S/C26H18BrF2N3O4/c1-12-8-14(6-7-16(12)27)23(33)21-22(13-4-3-5-15(9-13)36-2)32(25(35)24(21)34)26-30-19-10-17(28)18(29)11-20(19)31-26/h3-11,22,33H,1-2H3,(H,30,31)/b23-21+. The zero-order valence-corrected chi connectivity index (χ0v) is 20.6. The first kappa shape index (κ1) is 23.7. The number of nitrogens with one attached hydrogen (secondary N) is 1. The van der Waals surface area contributed by atoms with Crippen LogP contribution in [0.1, 0.15) is 22.7 Å².